The molecule has 0 unspecified atom stereocenters. The van der Waals surface area contributed by atoms with Crippen LogP contribution in [0.4, 0.5) is 5.69 Å². The van der Waals surface area contributed by atoms with Gasteiger partial charge in [-0.15, -0.1) is 10.2 Å². The van der Waals surface area contributed by atoms with Crippen molar-refractivity contribution in [2.45, 2.75) is 25.6 Å². The highest BCUT2D eigenvalue weighted by molar-refractivity contribution is 7.99. The first kappa shape index (κ1) is 23.4. The SMILES string of the molecule is COc1ccc(OCc2nnc(SCC(=O)Nc3cc(C)cc(C)c3)n2-c2ccccc2)cc1. The quantitative estimate of drug-likeness (QED) is 0.336. The maximum absolute atomic E-state index is 12.6. The lowest BCUT2D eigenvalue weighted by atomic mass is 10.1. The molecule has 0 spiro atoms. The van der Waals surface area contributed by atoms with Gasteiger partial charge in [-0.1, -0.05) is 36.0 Å². The monoisotopic (exact) mass is 474 g/mol. The molecule has 0 aliphatic rings. The predicted octanol–water partition coefficient (Wildman–Crippen LogP) is 5.20. The van der Waals surface area contributed by atoms with Gasteiger partial charge in [0, 0.05) is 11.4 Å². The normalized spacial score (nSPS) is 10.7. The summed E-state index contributed by atoms with van der Waals surface area (Å²) in [6, 6.07) is 23.1. The first-order chi connectivity index (χ1) is 16.5. The maximum atomic E-state index is 12.6. The van der Waals surface area contributed by atoms with Crippen LogP contribution in [-0.4, -0.2) is 33.5 Å². The van der Waals surface area contributed by atoms with E-state index in [1.165, 1.54) is 11.8 Å². The highest BCUT2D eigenvalue weighted by Crippen LogP contribution is 2.24. The number of aromatic nitrogens is 3. The van der Waals surface area contributed by atoms with Crippen molar-refractivity contribution in [2.24, 2.45) is 0 Å². The van der Waals surface area contributed by atoms with E-state index in [1.54, 1.807) is 7.11 Å². The number of anilines is 1. The summed E-state index contributed by atoms with van der Waals surface area (Å²) in [5.74, 6) is 2.20. The van der Waals surface area contributed by atoms with Gasteiger partial charge >= 0.3 is 0 Å². The van der Waals surface area contributed by atoms with Crippen molar-refractivity contribution in [3.8, 4) is 17.2 Å². The molecule has 1 aromatic heterocycles. The van der Waals surface area contributed by atoms with E-state index in [0.717, 1.165) is 28.3 Å². The summed E-state index contributed by atoms with van der Waals surface area (Å²) in [4.78, 5) is 12.6. The van der Waals surface area contributed by atoms with Gasteiger partial charge in [-0.05, 0) is 73.5 Å². The van der Waals surface area contributed by atoms with Crippen molar-refractivity contribution in [1.29, 1.82) is 0 Å². The van der Waals surface area contributed by atoms with Crippen molar-refractivity contribution < 1.29 is 14.3 Å². The second-order valence-electron chi connectivity index (χ2n) is 7.75. The Labute approximate surface area is 203 Å². The van der Waals surface area contributed by atoms with Crippen molar-refractivity contribution in [1.82, 2.24) is 14.8 Å². The maximum Gasteiger partial charge on any atom is 0.234 e. The van der Waals surface area contributed by atoms with Crippen LogP contribution in [0.2, 0.25) is 0 Å². The fraction of sp³-hybridized carbons (Fsp3) is 0.192. The fourth-order valence-corrected chi connectivity index (χ4v) is 4.29. The number of ether oxygens (including phenoxy) is 2. The number of carbonyl (C=O) groups is 1. The van der Waals surface area contributed by atoms with E-state index < -0.39 is 0 Å². The predicted molar refractivity (Wildman–Crippen MR) is 134 cm³/mol. The Morgan fingerprint density at radius 2 is 1.62 bits per heavy atom. The van der Waals surface area contributed by atoms with Crippen molar-refractivity contribution in [3.05, 3.63) is 89.7 Å². The topological polar surface area (TPSA) is 78.3 Å². The molecule has 0 aliphatic heterocycles. The van der Waals surface area contributed by atoms with Gasteiger partial charge in [-0.3, -0.25) is 9.36 Å². The van der Waals surface area contributed by atoms with E-state index in [9.17, 15) is 4.79 Å². The van der Waals surface area contributed by atoms with Crippen LogP contribution >= 0.6 is 11.8 Å². The van der Waals surface area contributed by atoms with Crippen LogP contribution in [0.25, 0.3) is 5.69 Å². The molecule has 34 heavy (non-hydrogen) atoms. The number of benzene rings is 3. The number of thioether (sulfide) groups is 1. The molecule has 174 valence electrons. The number of nitrogens with one attached hydrogen (secondary N) is 1. The van der Waals surface area contributed by atoms with Crippen LogP contribution in [0.3, 0.4) is 0 Å². The molecular formula is C26H26N4O3S. The Hall–Kier alpha value is -3.78. The summed E-state index contributed by atoms with van der Waals surface area (Å²) in [5, 5.41) is 12.3. The van der Waals surface area contributed by atoms with Gasteiger partial charge < -0.3 is 14.8 Å². The van der Waals surface area contributed by atoms with Gasteiger partial charge in [0.1, 0.15) is 18.1 Å². The van der Waals surface area contributed by atoms with Crippen LogP contribution < -0.4 is 14.8 Å². The molecule has 3 aromatic carbocycles. The van der Waals surface area contributed by atoms with E-state index in [-0.39, 0.29) is 18.3 Å². The minimum Gasteiger partial charge on any atom is -0.497 e. The summed E-state index contributed by atoms with van der Waals surface area (Å²) in [5.41, 5.74) is 3.90. The number of aryl methyl sites for hydroxylation is 2. The molecule has 1 heterocycles. The number of nitrogens with zero attached hydrogens (tertiary/aromatic N) is 3. The standard InChI is InChI=1S/C26H26N4O3S/c1-18-13-19(2)15-20(14-18)27-25(31)17-34-26-29-28-24(30(26)21-7-5-4-6-8-21)16-33-23-11-9-22(32-3)10-12-23/h4-15H,16-17H2,1-3H3,(H,27,31). The zero-order valence-electron chi connectivity index (χ0n) is 19.3. The Kier molecular flexibility index (Phi) is 7.49. The number of hydrogen-bond acceptors (Lipinski definition) is 6. The van der Waals surface area contributed by atoms with Gasteiger partial charge in [0.05, 0.1) is 12.9 Å². The number of rotatable bonds is 9. The Morgan fingerprint density at radius 3 is 2.29 bits per heavy atom. The minimum atomic E-state index is -0.103. The van der Waals surface area contributed by atoms with Gasteiger partial charge in [-0.2, -0.15) is 0 Å². The molecule has 0 fully saturated rings. The number of carbonyl (C=O) groups excluding carboxylic acids is 1. The third-order valence-electron chi connectivity index (χ3n) is 4.98. The highest BCUT2D eigenvalue weighted by atomic mass is 32.2. The molecule has 0 saturated heterocycles. The second kappa shape index (κ2) is 10.9. The molecule has 1 amide bonds. The van der Waals surface area contributed by atoms with Crippen LogP contribution in [0, 0.1) is 13.8 Å². The van der Waals surface area contributed by atoms with Gasteiger partial charge in [-0.25, -0.2) is 0 Å². The van der Waals surface area contributed by atoms with Gasteiger partial charge in [0.15, 0.2) is 11.0 Å². The number of hydrogen-bond donors (Lipinski definition) is 1. The lowest BCUT2D eigenvalue weighted by molar-refractivity contribution is -0.113. The first-order valence-electron chi connectivity index (χ1n) is 10.8. The van der Waals surface area contributed by atoms with Crippen LogP contribution in [0.1, 0.15) is 17.0 Å². The summed E-state index contributed by atoms with van der Waals surface area (Å²) >= 11 is 1.33. The van der Waals surface area contributed by atoms with E-state index in [0.29, 0.717) is 16.7 Å². The van der Waals surface area contributed by atoms with E-state index in [2.05, 4.69) is 21.6 Å². The van der Waals surface area contributed by atoms with E-state index in [4.69, 9.17) is 9.47 Å². The van der Waals surface area contributed by atoms with Crippen molar-refractivity contribution in [2.75, 3.05) is 18.2 Å². The summed E-state index contributed by atoms with van der Waals surface area (Å²) in [6.07, 6.45) is 0. The molecule has 4 rings (SSSR count). The molecule has 0 radical (unpaired) electrons. The summed E-state index contributed by atoms with van der Waals surface area (Å²) in [7, 11) is 1.62. The Bertz CT molecular complexity index is 1240. The van der Waals surface area contributed by atoms with Gasteiger partial charge in [0.25, 0.3) is 0 Å². The Balaban J connectivity index is 1.48. The van der Waals surface area contributed by atoms with Crippen LogP contribution in [0.15, 0.2) is 78.0 Å². The van der Waals surface area contributed by atoms with Crippen molar-refractivity contribution >= 4 is 23.4 Å². The lowest BCUT2D eigenvalue weighted by Gasteiger charge is -2.12. The largest absolute Gasteiger partial charge is 0.497 e. The summed E-state index contributed by atoms with van der Waals surface area (Å²) < 4.78 is 13.0. The number of para-hydroxylation sites is 1. The summed E-state index contributed by atoms with van der Waals surface area (Å²) in [6.45, 7) is 4.24. The minimum absolute atomic E-state index is 0.103. The van der Waals surface area contributed by atoms with E-state index in [1.807, 2.05) is 85.1 Å². The Morgan fingerprint density at radius 1 is 0.941 bits per heavy atom. The lowest BCUT2D eigenvalue weighted by Crippen LogP contribution is -2.15. The zero-order chi connectivity index (χ0) is 23.9. The molecule has 7 nitrogen and oxygen atoms in total. The molecule has 0 atom stereocenters. The van der Waals surface area contributed by atoms with Crippen molar-refractivity contribution in [3.63, 3.8) is 0 Å². The van der Waals surface area contributed by atoms with Crippen LogP contribution in [0.5, 0.6) is 11.5 Å². The third kappa shape index (κ3) is 5.96. The third-order valence-corrected chi connectivity index (χ3v) is 5.91. The molecular weight excluding hydrogens is 448 g/mol. The zero-order valence-corrected chi connectivity index (χ0v) is 20.1. The molecule has 4 aromatic rings. The van der Waals surface area contributed by atoms with Gasteiger partial charge in [0.2, 0.25) is 5.91 Å². The molecule has 0 bridgehead atoms. The van der Waals surface area contributed by atoms with E-state index >= 15 is 0 Å². The second-order valence-corrected chi connectivity index (χ2v) is 8.69. The molecule has 1 N–H and O–H groups in total. The number of methoxy groups -OCH3 is 1. The number of amides is 1. The first-order valence-corrected chi connectivity index (χ1v) is 11.8. The van der Waals surface area contributed by atoms with Crippen LogP contribution in [-0.2, 0) is 11.4 Å². The molecule has 0 saturated carbocycles. The molecule has 0 aliphatic carbocycles. The average molecular weight is 475 g/mol. The average Bonchev–Trinajstić information content (AvgIpc) is 3.24. The smallest absolute Gasteiger partial charge is 0.234 e. The fourth-order valence-electron chi connectivity index (χ4n) is 3.52. The molecule has 8 heteroatoms. The highest BCUT2D eigenvalue weighted by Gasteiger charge is 2.17.